The van der Waals surface area contributed by atoms with Crippen LogP contribution in [0.5, 0.6) is 0 Å². The molecule has 0 aliphatic rings. The largest absolute Gasteiger partial charge is 0.462 e. The Morgan fingerprint density at radius 3 is 2.53 bits per heavy atom. The van der Waals surface area contributed by atoms with Gasteiger partial charge in [0.15, 0.2) is 0 Å². The summed E-state index contributed by atoms with van der Waals surface area (Å²) in [5.74, 6) is -0.663. The molecule has 1 rings (SSSR count). The van der Waals surface area contributed by atoms with Gasteiger partial charge in [-0.1, -0.05) is 11.6 Å². The van der Waals surface area contributed by atoms with Gasteiger partial charge in [0.05, 0.1) is 26.6 Å². The smallest absolute Gasteiger partial charge is 0.338 e. The minimum Gasteiger partial charge on any atom is -0.462 e. The van der Waals surface area contributed by atoms with E-state index in [0.717, 1.165) is 6.07 Å². The van der Waals surface area contributed by atoms with Gasteiger partial charge in [0.25, 0.3) is 9.05 Å². The predicted molar refractivity (Wildman–Crippen MR) is 68.1 cm³/mol. The Bertz CT molecular complexity index is 556. The fourth-order valence-electron chi connectivity index (χ4n) is 1.07. The number of carbonyl (C=O) groups excluding carboxylic acids is 1. The molecule has 1 aromatic rings. The second-order valence-corrected chi connectivity index (χ2v) is 6.66. The molecule has 0 spiro atoms. The minimum absolute atomic E-state index is 0.0271. The Morgan fingerprint density at radius 2 is 2.06 bits per heavy atom. The van der Waals surface area contributed by atoms with Crippen LogP contribution in [0.15, 0.2) is 21.5 Å². The van der Waals surface area contributed by atoms with Gasteiger partial charge >= 0.3 is 5.97 Å². The van der Waals surface area contributed by atoms with E-state index in [4.69, 9.17) is 27.0 Å². The topological polar surface area (TPSA) is 60.4 Å². The number of hydrogen-bond donors (Lipinski definition) is 0. The molecule has 8 heteroatoms. The summed E-state index contributed by atoms with van der Waals surface area (Å²) in [6.45, 7) is 1.81. The van der Waals surface area contributed by atoms with Crippen LogP contribution < -0.4 is 0 Å². The lowest BCUT2D eigenvalue weighted by molar-refractivity contribution is 0.0526. The van der Waals surface area contributed by atoms with E-state index >= 15 is 0 Å². The summed E-state index contributed by atoms with van der Waals surface area (Å²) >= 11 is 8.78. The van der Waals surface area contributed by atoms with Crippen LogP contribution in [0.3, 0.4) is 0 Å². The summed E-state index contributed by atoms with van der Waals surface area (Å²) in [7, 11) is 1.23. The second-order valence-electron chi connectivity index (χ2n) is 2.93. The molecule has 0 saturated heterocycles. The fraction of sp³-hybridized carbons (Fsp3) is 0.222. The van der Waals surface area contributed by atoms with Gasteiger partial charge in [-0.2, -0.15) is 0 Å². The van der Waals surface area contributed by atoms with Gasteiger partial charge < -0.3 is 4.74 Å². The van der Waals surface area contributed by atoms with Gasteiger partial charge in [-0.05, 0) is 35.0 Å². The van der Waals surface area contributed by atoms with Crippen molar-refractivity contribution in [3.05, 3.63) is 27.2 Å². The van der Waals surface area contributed by atoms with Crippen LogP contribution in [0.1, 0.15) is 17.3 Å². The summed E-state index contributed by atoms with van der Waals surface area (Å²) in [5, 5.41) is 0.0646. The van der Waals surface area contributed by atoms with Gasteiger partial charge in [-0.25, -0.2) is 13.2 Å². The van der Waals surface area contributed by atoms with E-state index in [1.165, 1.54) is 6.07 Å². The molecular formula is C9H7BrCl2O4S. The zero-order chi connectivity index (χ0) is 13.2. The van der Waals surface area contributed by atoms with E-state index < -0.39 is 15.0 Å². The Morgan fingerprint density at radius 1 is 1.47 bits per heavy atom. The number of benzene rings is 1. The van der Waals surface area contributed by atoms with Gasteiger partial charge in [-0.15, -0.1) is 0 Å². The third-order valence-electron chi connectivity index (χ3n) is 1.77. The van der Waals surface area contributed by atoms with Crippen molar-refractivity contribution in [2.75, 3.05) is 6.61 Å². The Balaban J connectivity index is 3.39. The van der Waals surface area contributed by atoms with Crippen LogP contribution in [-0.2, 0) is 13.8 Å². The molecule has 0 saturated carbocycles. The number of carbonyl (C=O) groups is 1. The standard InChI is InChI=1S/C9H7BrCl2O4S/c1-2-16-9(13)5-3-6(11)8(10)7(4-5)17(12,14)15/h3-4H,2H2,1H3. The molecule has 4 nitrogen and oxygen atoms in total. The zero-order valence-corrected chi connectivity index (χ0v) is 12.5. The van der Waals surface area contributed by atoms with E-state index in [2.05, 4.69) is 15.9 Å². The van der Waals surface area contributed by atoms with Crippen molar-refractivity contribution in [1.82, 2.24) is 0 Å². The van der Waals surface area contributed by atoms with Gasteiger partial charge in [-0.3, -0.25) is 0 Å². The van der Waals surface area contributed by atoms with Crippen molar-refractivity contribution >= 4 is 53.2 Å². The monoisotopic (exact) mass is 360 g/mol. The van der Waals surface area contributed by atoms with Crippen molar-refractivity contribution < 1.29 is 17.9 Å². The molecular weight excluding hydrogens is 355 g/mol. The molecule has 0 unspecified atom stereocenters. The SMILES string of the molecule is CCOC(=O)c1cc(Cl)c(Br)c(S(=O)(=O)Cl)c1. The minimum atomic E-state index is -3.99. The average molecular weight is 362 g/mol. The lowest BCUT2D eigenvalue weighted by atomic mass is 10.2. The molecule has 1 aromatic carbocycles. The number of ether oxygens (including phenoxy) is 1. The van der Waals surface area contributed by atoms with Crippen molar-refractivity contribution in [3.8, 4) is 0 Å². The fourth-order valence-corrected chi connectivity index (χ4v) is 3.45. The molecule has 0 N–H and O–H groups in total. The summed E-state index contributed by atoms with van der Waals surface area (Å²) < 4.78 is 27.4. The van der Waals surface area contributed by atoms with Crippen molar-refractivity contribution in [2.45, 2.75) is 11.8 Å². The summed E-state index contributed by atoms with van der Waals surface area (Å²) in [6.07, 6.45) is 0. The lowest BCUT2D eigenvalue weighted by Gasteiger charge is -2.07. The van der Waals surface area contributed by atoms with E-state index in [0.29, 0.717) is 0 Å². The highest BCUT2D eigenvalue weighted by molar-refractivity contribution is 9.10. The van der Waals surface area contributed by atoms with Gasteiger partial charge in [0, 0.05) is 10.7 Å². The predicted octanol–water partition coefficient (Wildman–Crippen LogP) is 3.21. The summed E-state index contributed by atoms with van der Waals surface area (Å²) in [5.41, 5.74) is 0.0271. The third-order valence-corrected chi connectivity index (χ3v) is 4.76. The van der Waals surface area contributed by atoms with E-state index in [1.807, 2.05) is 0 Å². The van der Waals surface area contributed by atoms with Crippen LogP contribution in [0.4, 0.5) is 0 Å². The first-order chi connectivity index (χ1) is 7.77. The molecule has 0 aliphatic heterocycles. The number of halogens is 3. The third kappa shape index (κ3) is 3.58. The molecule has 0 radical (unpaired) electrons. The van der Waals surface area contributed by atoms with Gasteiger partial charge in [0.2, 0.25) is 0 Å². The highest BCUT2D eigenvalue weighted by Gasteiger charge is 2.20. The zero-order valence-electron chi connectivity index (χ0n) is 8.54. The number of rotatable bonds is 3. The molecule has 0 aromatic heterocycles. The molecule has 17 heavy (non-hydrogen) atoms. The highest BCUT2D eigenvalue weighted by Crippen LogP contribution is 2.33. The van der Waals surface area contributed by atoms with Crippen LogP contribution in [0.25, 0.3) is 0 Å². The van der Waals surface area contributed by atoms with Crippen LogP contribution >= 0.6 is 38.2 Å². The summed E-state index contributed by atoms with van der Waals surface area (Å²) in [4.78, 5) is 11.2. The molecule has 0 atom stereocenters. The van der Waals surface area contributed by atoms with Crippen LogP contribution in [-0.4, -0.2) is 21.0 Å². The second kappa shape index (κ2) is 5.56. The van der Waals surface area contributed by atoms with Crippen molar-refractivity contribution in [3.63, 3.8) is 0 Å². The highest BCUT2D eigenvalue weighted by atomic mass is 79.9. The average Bonchev–Trinajstić information content (AvgIpc) is 2.20. The number of hydrogen-bond acceptors (Lipinski definition) is 4. The lowest BCUT2D eigenvalue weighted by Crippen LogP contribution is -2.06. The first-order valence-electron chi connectivity index (χ1n) is 4.38. The normalized spacial score (nSPS) is 11.3. The maximum absolute atomic E-state index is 11.5. The molecule has 94 valence electrons. The molecule has 0 fully saturated rings. The Labute approximate surface area is 116 Å². The Kier molecular flexibility index (Phi) is 4.83. The van der Waals surface area contributed by atoms with E-state index in [-0.39, 0.29) is 26.6 Å². The molecule has 0 bridgehead atoms. The maximum atomic E-state index is 11.5. The van der Waals surface area contributed by atoms with Crippen molar-refractivity contribution in [2.24, 2.45) is 0 Å². The molecule has 0 amide bonds. The van der Waals surface area contributed by atoms with Crippen LogP contribution in [0, 0.1) is 0 Å². The Hall–Kier alpha value is -0.300. The van der Waals surface area contributed by atoms with Crippen molar-refractivity contribution in [1.29, 1.82) is 0 Å². The van der Waals surface area contributed by atoms with E-state index in [9.17, 15) is 13.2 Å². The summed E-state index contributed by atoms with van der Waals surface area (Å²) in [6, 6.07) is 2.41. The first kappa shape index (κ1) is 14.8. The number of esters is 1. The van der Waals surface area contributed by atoms with Crippen LogP contribution in [0.2, 0.25) is 5.02 Å². The van der Waals surface area contributed by atoms with Gasteiger partial charge in [0.1, 0.15) is 0 Å². The molecule has 0 heterocycles. The maximum Gasteiger partial charge on any atom is 0.338 e. The molecule has 0 aliphatic carbocycles. The van der Waals surface area contributed by atoms with E-state index in [1.54, 1.807) is 6.92 Å². The quantitative estimate of drug-likeness (QED) is 0.612. The first-order valence-corrected chi connectivity index (χ1v) is 7.86.